The van der Waals surface area contributed by atoms with Crippen molar-refractivity contribution >= 4 is 38.9 Å². The predicted octanol–water partition coefficient (Wildman–Crippen LogP) is 5.31. The van der Waals surface area contributed by atoms with E-state index in [4.69, 9.17) is 23.2 Å². The third-order valence-corrected chi connectivity index (χ3v) is 7.21. The molecule has 138 valence electrons. The molecule has 0 aliphatic carbocycles. The number of rotatable bonds is 3. The van der Waals surface area contributed by atoms with Crippen molar-refractivity contribution in [3.8, 4) is 0 Å². The molecule has 0 bridgehead atoms. The Hall–Kier alpha value is -2.05. The molecule has 4 nitrogen and oxygen atoms in total. The average molecular weight is 419 g/mol. The molecule has 1 heterocycles. The van der Waals surface area contributed by atoms with Crippen molar-refractivity contribution in [1.82, 2.24) is 4.31 Å². The van der Waals surface area contributed by atoms with Gasteiger partial charge < -0.3 is 5.32 Å². The number of hydrogen-bond acceptors (Lipinski definition) is 3. The SMILES string of the molecule is O=S1(=O)c2ccccc2N[C@@H](c2cccc(Cl)c2Cl)N1Cc1ccccc1. The summed E-state index contributed by atoms with van der Waals surface area (Å²) in [5, 5.41) is 4.03. The average Bonchev–Trinajstić information content (AvgIpc) is 2.67. The quantitative estimate of drug-likeness (QED) is 0.626. The number of benzene rings is 3. The monoisotopic (exact) mass is 418 g/mol. The Morgan fingerprint density at radius 2 is 1.59 bits per heavy atom. The Balaban J connectivity index is 1.88. The summed E-state index contributed by atoms with van der Waals surface area (Å²) < 4.78 is 28.2. The molecular weight excluding hydrogens is 403 g/mol. The van der Waals surface area contributed by atoms with E-state index in [1.54, 1.807) is 42.5 Å². The molecule has 0 radical (unpaired) electrons. The van der Waals surface area contributed by atoms with Crippen LogP contribution in [0.15, 0.2) is 77.7 Å². The highest BCUT2D eigenvalue weighted by Gasteiger charge is 2.39. The topological polar surface area (TPSA) is 49.4 Å². The molecule has 27 heavy (non-hydrogen) atoms. The van der Waals surface area contributed by atoms with E-state index in [1.807, 2.05) is 30.3 Å². The van der Waals surface area contributed by atoms with Crippen LogP contribution >= 0.6 is 23.2 Å². The first-order valence-electron chi connectivity index (χ1n) is 8.34. The van der Waals surface area contributed by atoms with Crippen molar-refractivity contribution in [1.29, 1.82) is 0 Å². The minimum absolute atomic E-state index is 0.206. The lowest BCUT2D eigenvalue weighted by Crippen LogP contribution is -2.42. The summed E-state index contributed by atoms with van der Waals surface area (Å²) in [6.07, 6.45) is -0.670. The highest BCUT2D eigenvalue weighted by Crippen LogP contribution is 2.42. The van der Waals surface area contributed by atoms with Crippen LogP contribution in [0.2, 0.25) is 10.0 Å². The van der Waals surface area contributed by atoms with Crippen molar-refractivity contribution in [2.45, 2.75) is 17.6 Å². The van der Waals surface area contributed by atoms with E-state index >= 15 is 0 Å². The highest BCUT2D eigenvalue weighted by molar-refractivity contribution is 7.89. The van der Waals surface area contributed by atoms with Crippen LogP contribution in [-0.2, 0) is 16.6 Å². The number of nitrogens with zero attached hydrogens (tertiary/aromatic N) is 1. The molecule has 0 saturated carbocycles. The van der Waals surface area contributed by atoms with Crippen molar-refractivity contribution in [2.75, 3.05) is 5.32 Å². The second kappa shape index (κ2) is 7.17. The van der Waals surface area contributed by atoms with Crippen LogP contribution < -0.4 is 5.32 Å². The fourth-order valence-electron chi connectivity index (χ4n) is 3.20. The van der Waals surface area contributed by atoms with Gasteiger partial charge in [0.25, 0.3) is 0 Å². The summed E-state index contributed by atoms with van der Waals surface area (Å²) in [5.74, 6) is 0. The van der Waals surface area contributed by atoms with Gasteiger partial charge in [-0.2, -0.15) is 4.31 Å². The minimum atomic E-state index is -3.74. The zero-order valence-corrected chi connectivity index (χ0v) is 16.5. The largest absolute Gasteiger partial charge is 0.364 e. The molecule has 1 aliphatic heterocycles. The molecular formula is C20H16Cl2N2O2S. The lowest BCUT2D eigenvalue weighted by atomic mass is 10.1. The van der Waals surface area contributed by atoms with Crippen LogP contribution in [0.1, 0.15) is 17.3 Å². The van der Waals surface area contributed by atoms with E-state index in [0.717, 1.165) is 5.56 Å². The fourth-order valence-corrected chi connectivity index (χ4v) is 5.28. The van der Waals surface area contributed by atoms with Gasteiger partial charge in [0.1, 0.15) is 11.1 Å². The standard InChI is InChI=1S/C20H16Cl2N2O2S/c21-16-10-6-9-15(19(16)22)20-23-17-11-4-5-12-18(17)27(25,26)24(20)13-14-7-2-1-3-8-14/h1-12,20,23H,13H2/t20-/m1/s1. The predicted molar refractivity (Wildman–Crippen MR) is 108 cm³/mol. The third-order valence-electron chi connectivity index (χ3n) is 4.51. The molecule has 1 aliphatic rings. The van der Waals surface area contributed by atoms with Crippen molar-refractivity contribution < 1.29 is 8.42 Å². The van der Waals surface area contributed by atoms with Crippen LogP contribution in [0.4, 0.5) is 5.69 Å². The summed E-state index contributed by atoms with van der Waals surface area (Å²) >= 11 is 12.6. The second-order valence-electron chi connectivity index (χ2n) is 6.22. The minimum Gasteiger partial charge on any atom is -0.364 e. The maximum atomic E-state index is 13.4. The van der Waals surface area contributed by atoms with E-state index in [2.05, 4.69) is 5.32 Å². The summed E-state index contributed by atoms with van der Waals surface area (Å²) in [5.41, 5.74) is 2.03. The first kappa shape index (κ1) is 18.3. The normalized spacial score (nSPS) is 18.5. The molecule has 0 unspecified atom stereocenters. The van der Waals surface area contributed by atoms with Crippen LogP contribution in [-0.4, -0.2) is 12.7 Å². The fraction of sp³-hybridized carbons (Fsp3) is 0.100. The van der Waals surface area contributed by atoms with Crippen LogP contribution in [0, 0.1) is 0 Å². The Morgan fingerprint density at radius 3 is 2.37 bits per heavy atom. The Morgan fingerprint density at radius 1 is 0.889 bits per heavy atom. The molecule has 0 saturated heterocycles. The first-order valence-corrected chi connectivity index (χ1v) is 10.5. The Kier molecular flexibility index (Phi) is 4.86. The van der Waals surface area contributed by atoms with Gasteiger partial charge in [-0.15, -0.1) is 0 Å². The van der Waals surface area contributed by atoms with E-state index in [1.165, 1.54) is 4.31 Å². The first-order chi connectivity index (χ1) is 13.0. The van der Waals surface area contributed by atoms with Crippen LogP contribution in [0.25, 0.3) is 0 Å². The van der Waals surface area contributed by atoms with Gasteiger partial charge in [0, 0.05) is 12.1 Å². The third kappa shape index (κ3) is 3.32. The number of halogens is 2. The number of sulfonamides is 1. The van der Waals surface area contributed by atoms with Gasteiger partial charge >= 0.3 is 0 Å². The van der Waals surface area contributed by atoms with Crippen LogP contribution in [0.3, 0.4) is 0 Å². The maximum absolute atomic E-state index is 13.4. The molecule has 1 atom stereocenters. The zero-order valence-electron chi connectivity index (χ0n) is 14.1. The molecule has 3 aromatic carbocycles. The molecule has 3 aromatic rings. The van der Waals surface area contributed by atoms with Gasteiger partial charge in [0.05, 0.1) is 15.7 Å². The summed E-state index contributed by atoms with van der Waals surface area (Å²) in [7, 11) is -3.74. The molecule has 0 aromatic heterocycles. The van der Waals surface area contributed by atoms with Gasteiger partial charge in [-0.25, -0.2) is 8.42 Å². The zero-order chi connectivity index (χ0) is 19.0. The van der Waals surface area contributed by atoms with Gasteiger partial charge in [0.2, 0.25) is 10.0 Å². The molecule has 0 spiro atoms. The smallest absolute Gasteiger partial charge is 0.247 e. The molecule has 7 heteroatoms. The Labute approximate surface area is 168 Å². The highest BCUT2D eigenvalue weighted by atomic mass is 35.5. The number of hydrogen-bond donors (Lipinski definition) is 1. The van der Waals surface area contributed by atoms with E-state index in [0.29, 0.717) is 21.3 Å². The van der Waals surface area contributed by atoms with Gasteiger partial charge in [-0.1, -0.05) is 77.8 Å². The van der Waals surface area contributed by atoms with Gasteiger partial charge in [-0.05, 0) is 23.8 Å². The van der Waals surface area contributed by atoms with Gasteiger partial charge in [-0.3, -0.25) is 0 Å². The number of fused-ring (bicyclic) bond motifs is 1. The van der Waals surface area contributed by atoms with Crippen molar-refractivity contribution in [3.05, 3.63) is 94.0 Å². The summed E-state index contributed by atoms with van der Waals surface area (Å²) in [6.45, 7) is 0.206. The van der Waals surface area contributed by atoms with Crippen molar-refractivity contribution in [3.63, 3.8) is 0 Å². The molecule has 0 fully saturated rings. The number of para-hydroxylation sites is 1. The summed E-state index contributed by atoms with van der Waals surface area (Å²) in [6, 6.07) is 21.5. The van der Waals surface area contributed by atoms with Crippen molar-refractivity contribution in [2.24, 2.45) is 0 Å². The molecule has 1 N–H and O–H groups in total. The van der Waals surface area contributed by atoms with E-state index in [9.17, 15) is 8.42 Å². The van der Waals surface area contributed by atoms with E-state index < -0.39 is 16.2 Å². The van der Waals surface area contributed by atoms with E-state index in [-0.39, 0.29) is 11.4 Å². The van der Waals surface area contributed by atoms with Gasteiger partial charge in [0.15, 0.2) is 0 Å². The molecule has 0 amide bonds. The lowest BCUT2D eigenvalue weighted by Gasteiger charge is -2.37. The summed E-state index contributed by atoms with van der Waals surface area (Å²) in [4.78, 5) is 0.246. The Bertz CT molecular complexity index is 1090. The second-order valence-corrected chi connectivity index (χ2v) is 8.87. The maximum Gasteiger partial charge on any atom is 0.247 e. The number of nitrogens with one attached hydrogen (secondary N) is 1. The number of anilines is 1. The lowest BCUT2D eigenvalue weighted by molar-refractivity contribution is 0.336. The molecule has 4 rings (SSSR count). The van der Waals surface area contributed by atoms with Crippen LogP contribution in [0.5, 0.6) is 0 Å².